The van der Waals surface area contributed by atoms with E-state index < -0.39 is 0 Å². The van der Waals surface area contributed by atoms with Crippen LogP contribution >= 0.6 is 0 Å². The summed E-state index contributed by atoms with van der Waals surface area (Å²) in [5.41, 5.74) is 2.34. The molecule has 0 aromatic carbocycles. The predicted octanol–water partition coefficient (Wildman–Crippen LogP) is 13.4. The minimum Gasteiger partial charge on any atom is -0.473 e. The third-order valence-corrected chi connectivity index (χ3v) is 13.8. The van der Waals surface area contributed by atoms with Crippen LogP contribution in [0.1, 0.15) is 252 Å². The Kier molecular flexibility index (Phi) is 39.2. The van der Waals surface area contributed by atoms with Crippen LogP contribution in [0.2, 0.25) is 0 Å². The lowest BCUT2D eigenvalue weighted by Crippen LogP contribution is -2.30. The van der Waals surface area contributed by atoms with E-state index in [-0.39, 0.29) is 55.9 Å². The molecule has 0 atom stereocenters. The van der Waals surface area contributed by atoms with Crippen LogP contribution in [0, 0.1) is 16.2 Å². The first-order chi connectivity index (χ1) is 28.8. The van der Waals surface area contributed by atoms with E-state index >= 15 is 0 Å². The zero-order valence-corrected chi connectivity index (χ0v) is 39.7. The molecule has 0 heterocycles. The molecule has 7 heteroatoms. The molecular weight excluding hydrogens is 737 g/mol. The van der Waals surface area contributed by atoms with E-state index in [1.165, 1.54) is 185 Å². The molecule has 3 saturated carbocycles. The van der Waals surface area contributed by atoms with Gasteiger partial charge in [-0.05, 0) is 88.2 Å². The van der Waals surface area contributed by atoms with Crippen molar-refractivity contribution in [3.63, 3.8) is 0 Å². The predicted molar refractivity (Wildman–Crippen MR) is 251 cm³/mol. The zero-order valence-electron chi connectivity index (χ0n) is 39.7. The SMILES string of the molecule is CCCCC(=COC=C(CC)CCCC)CC.OCC1(CO)CCCCCCCCC1.OCC1(CO)CCCCCCCCC1.OCC1(CO)CCCCCCCCC1. The van der Waals surface area contributed by atoms with Crippen molar-refractivity contribution in [3.05, 3.63) is 23.7 Å². The first kappa shape index (κ1) is 58.0. The third kappa shape index (κ3) is 29.1. The Morgan fingerprint density at radius 2 is 0.559 bits per heavy atom. The van der Waals surface area contributed by atoms with Crippen molar-refractivity contribution in [2.24, 2.45) is 16.2 Å². The number of allylic oxidation sites excluding steroid dienone is 2. The zero-order chi connectivity index (χ0) is 43.8. The van der Waals surface area contributed by atoms with Crippen LogP contribution in [0.25, 0.3) is 0 Å². The first-order valence-corrected chi connectivity index (χ1v) is 25.4. The molecule has 0 aromatic rings. The highest BCUT2D eigenvalue weighted by Gasteiger charge is 2.29. The van der Waals surface area contributed by atoms with Crippen LogP contribution in [0.5, 0.6) is 0 Å². The van der Waals surface area contributed by atoms with Gasteiger partial charge in [-0.1, -0.05) is 175 Å². The van der Waals surface area contributed by atoms with Crippen LogP contribution in [0.3, 0.4) is 0 Å². The van der Waals surface area contributed by atoms with Crippen LogP contribution in [-0.4, -0.2) is 70.3 Å². The fraction of sp³-hybridized carbons (Fsp3) is 0.923. The molecule has 0 aromatic heterocycles. The van der Waals surface area contributed by atoms with Gasteiger partial charge in [0.2, 0.25) is 0 Å². The van der Waals surface area contributed by atoms with Gasteiger partial charge in [-0.15, -0.1) is 0 Å². The quantitative estimate of drug-likeness (QED) is 0.0854. The Morgan fingerprint density at radius 3 is 0.729 bits per heavy atom. The number of hydrogen-bond acceptors (Lipinski definition) is 7. The van der Waals surface area contributed by atoms with E-state index in [4.69, 9.17) is 4.74 Å². The molecule has 0 aliphatic heterocycles. The highest BCUT2D eigenvalue weighted by Crippen LogP contribution is 2.34. The molecule has 6 N–H and O–H groups in total. The summed E-state index contributed by atoms with van der Waals surface area (Å²) in [6, 6.07) is 0. The smallest absolute Gasteiger partial charge is 0.0893 e. The normalized spacial score (nSPS) is 21.1. The van der Waals surface area contributed by atoms with E-state index in [1.807, 2.05) is 12.5 Å². The van der Waals surface area contributed by atoms with E-state index in [0.29, 0.717) is 0 Å². The average molecular weight is 839 g/mol. The fourth-order valence-electron chi connectivity index (χ4n) is 8.80. The summed E-state index contributed by atoms with van der Waals surface area (Å²) in [4.78, 5) is 0. The molecule has 3 aliphatic carbocycles. The van der Waals surface area contributed by atoms with Crippen molar-refractivity contribution in [1.82, 2.24) is 0 Å². The standard InChI is InChI=1S/C16H30O.3C12H24O2/c1-5-9-11-15(7-3)13-17-14-16(8-4)12-10-6-2;3*13-10-12(11-14)8-6-4-2-1-3-5-7-9-12/h13-14H,5-12H2,1-4H3;3*13-14H,1-11H2. The van der Waals surface area contributed by atoms with Crippen LogP contribution in [0.4, 0.5) is 0 Å². The van der Waals surface area contributed by atoms with Gasteiger partial charge < -0.3 is 35.4 Å². The summed E-state index contributed by atoms with van der Waals surface area (Å²) < 4.78 is 5.61. The van der Waals surface area contributed by atoms with E-state index in [1.54, 1.807) is 0 Å². The Bertz CT molecular complexity index is 810. The molecule has 0 unspecified atom stereocenters. The highest BCUT2D eigenvalue weighted by atomic mass is 16.5. The van der Waals surface area contributed by atoms with Gasteiger partial charge in [-0.3, -0.25) is 0 Å². The molecule has 3 rings (SSSR count). The largest absolute Gasteiger partial charge is 0.473 e. The summed E-state index contributed by atoms with van der Waals surface area (Å²) in [6.45, 7) is 9.80. The summed E-state index contributed by atoms with van der Waals surface area (Å²) in [6.07, 6.45) is 46.2. The van der Waals surface area contributed by atoms with Gasteiger partial charge in [0.1, 0.15) is 0 Å². The van der Waals surface area contributed by atoms with Crippen LogP contribution in [0.15, 0.2) is 23.7 Å². The second kappa shape index (κ2) is 39.9. The second-order valence-corrected chi connectivity index (χ2v) is 19.0. The van der Waals surface area contributed by atoms with Gasteiger partial charge in [0.25, 0.3) is 0 Å². The molecule has 0 spiro atoms. The monoisotopic (exact) mass is 839 g/mol. The maximum atomic E-state index is 9.36. The number of aliphatic hydroxyl groups excluding tert-OH is 6. The van der Waals surface area contributed by atoms with E-state index in [2.05, 4.69) is 27.7 Å². The number of hydrogen-bond donors (Lipinski definition) is 6. The lowest BCUT2D eigenvalue weighted by atomic mass is 9.78. The Balaban J connectivity index is 0.000000762. The average Bonchev–Trinajstić information content (AvgIpc) is 3.29. The topological polar surface area (TPSA) is 131 Å². The molecule has 0 bridgehead atoms. The van der Waals surface area contributed by atoms with Gasteiger partial charge in [-0.2, -0.15) is 0 Å². The van der Waals surface area contributed by atoms with Gasteiger partial charge in [0.15, 0.2) is 0 Å². The first-order valence-electron chi connectivity index (χ1n) is 25.4. The lowest BCUT2D eigenvalue weighted by molar-refractivity contribution is 0.0343. The van der Waals surface area contributed by atoms with Gasteiger partial charge in [-0.25, -0.2) is 0 Å². The molecular formula is C52H102O7. The third-order valence-electron chi connectivity index (χ3n) is 13.8. The molecule has 59 heavy (non-hydrogen) atoms. The molecule has 0 radical (unpaired) electrons. The molecule has 7 nitrogen and oxygen atoms in total. The number of aliphatic hydroxyl groups is 6. The van der Waals surface area contributed by atoms with Crippen molar-refractivity contribution >= 4 is 0 Å². The molecule has 0 saturated heterocycles. The van der Waals surface area contributed by atoms with Gasteiger partial charge >= 0.3 is 0 Å². The minimum atomic E-state index is -0.169. The summed E-state index contributed by atoms with van der Waals surface area (Å²) in [5, 5.41) is 56.2. The van der Waals surface area contributed by atoms with Crippen LogP contribution < -0.4 is 0 Å². The van der Waals surface area contributed by atoms with Crippen molar-refractivity contribution < 1.29 is 35.4 Å². The number of ether oxygens (including phenoxy) is 1. The molecule has 3 aliphatic rings. The van der Waals surface area contributed by atoms with Crippen molar-refractivity contribution in [3.8, 4) is 0 Å². The van der Waals surface area contributed by atoms with Gasteiger partial charge in [0, 0.05) is 16.2 Å². The van der Waals surface area contributed by atoms with Crippen LogP contribution in [-0.2, 0) is 4.74 Å². The van der Waals surface area contributed by atoms with Gasteiger partial charge in [0.05, 0.1) is 52.2 Å². The number of unbranched alkanes of at least 4 members (excludes halogenated alkanes) is 2. The summed E-state index contributed by atoms with van der Waals surface area (Å²) in [5.74, 6) is 0. The summed E-state index contributed by atoms with van der Waals surface area (Å²) >= 11 is 0. The molecule has 3 fully saturated rings. The Morgan fingerprint density at radius 1 is 0.356 bits per heavy atom. The molecule has 0 amide bonds. The Labute approximate surface area is 366 Å². The fourth-order valence-corrected chi connectivity index (χ4v) is 8.80. The Hall–Kier alpha value is -0.960. The van der Waals surface area contributed by atoms with Crippen molar-refractivity contribution in [2.75, 3.05) is 39.6 Å². The lowest BCUT2D eigenvalue weighted by Gasteiger charge is -2.30. The molecule has 352 valence electrons. The number of rotatable bonds is 16. The van der Waals surface area contributed by atoms with E-state index in [0.717, 1.165) is 51.4 Å². The maximum absolute atomic E-state index is 9.36. The second-order valence-electron chi connectivity index (χ2n) is 19.0. The van der Waals surface area contributed by atoms with Crippen molar-refractivity contribution in [1.29, 1.82) is 0 Å². The van der Waals surface area contributed by atoms with E-state index in [9.17, 15) is 30.6 Å². The summed E-state index contributed by atoms with van der Waals surface area (Å²) in [7, 11) is 0. The minimum absolute atomic E-state index is 0.156. The maximum Gasteiger partial charge on any atom is 0.0893 e. The highest BCUT2D eigenvalue weighted by molar-refractivity contribution is 5.01. The van der Waals surface area contributed by atoms with Crippen molar-refractivity contribution in [2.45, 2.75) is 252 Å².